The van der Waals surface area contributed by atoms with Crippen LogP contribution in [0.15, 0.2) is 42.5 Å². The molecule has 0 saturated heterocycles. The number of benzene rings is 2. The first kappa shape index (κ1) is 14.3. The van der Waals surface area contributed by atoms with Gasteiger partial charge in [-0.05, 0) is 30.3 Å². The van der Waals surface area contributed by atoms with Gasteiger partial charge < -0.3 is 10.1 Å². The van der Waals surface area contributed by atoms with Crippen LogP contribution in [0.1, 0.15) is 0 Å². The van der Waals surface area contributed by atoms with E-state index in [4.69, 9.17) is 39.5 Å². The molecule has 0 fully saturated rings. The Hall–Kier alpha value is -1.09. The number of hydrogen-bond acceptors (Lipinski definition) is 2. The Bertz CT molecular complexity index is 560. The van der Waals surface area contributed by atoms with E-state index >= 15 is 0 Å². The molecule has 19 heavy (non-hydrogen) atoms. The van der Waals surface area contributed by atoms with Gasteiger partial charge in [0, 0.05) is 23.3 Å². The minimum absolute atomic E-state index is 0.488. The first-order valence-corrected chi connectivity index (χ1v) is 6.86. The quantitative estimate of drug-likeness (QED) is 0.771. The molecule has 0 amide bonds. The zero-order chi connectivity index (χ0) is 13.7. The smallest absolute Gasteiger partial charge is 0.120 e. The molecule has 2 aromatic carbocycles. The van der Waals surface area contributed by atoms with Gasteiger partial charge in [0.1, 0.15) is 12.4 Å². The Labute approximate surface area is 127 Å². The summed E-state index contributed by atoms with van der Waals surface area (Å²) < 4.78 is 5.56. The van der Waals surface area contributed by atoms with E-state index < -0.39 is 0 Å². The van der Waals surface area contributed by atoms with Gasteiger partial charge in [-0.2, -0.15) is 0 Å². The van der Waals surface area contributed by atoms with Gasteiger partial charge in [0.05, 0.1) is 10.0 Å². The van der Waals surface area contributed by atoms with E-state index in [9.17, 15) is 0 Å². The van der Waals surface area contributed by atoms with Gasteiger partial charge >= 0.3 is 0 Å². The zero-order valence-corrected chi connectivity index (χ0v) is 12.3. The predicted molar refractivity (Wildman–Crippen MR) is 81.9 cm³/mol. The number of nitrogens with one attached hydrogen (secondary N) is 1. The summed E-state index contributed by atoms with van der Waals surface area (Å²) in [6, 6.07) is 12.7. The molecule has 0 saturated carbocycles. The first-order valence-electron chi connectivity index (χ1n) is 5.72. The molecule has 0 unspecified atom stereocenters. The third-order valence-electron chi connectivity index (χ3n) is 2.42. The second-order valence-corrected chi connectivity index (χ2v) is 5.11. The predicted octanol–water partition coefficient (Wildman–Crippen LogP) is 5.14. The van der Waals surface area contributed by atoms with Gasteiger partial charge in [0.2, 0.25) is 0 Å². The maximum atomic E-state index is 5.90. The van der Waals surface area contributed by atoms with E-state index in [1.165, 1.54) is 0 Å². The van der Waals surface area contributed by atoms with Crippen LogP contribution >= 0.6 is 34.8 Å². The van der Waals surface area contributed by atoms with Crippen molar-refractivity contribution in [1.82, 2.24) is 0 Å². The Kier molecular flexibility index (Phi) is 5.20. The van der Waals surface area contributed by atoms with Crippen molar-refractivity contribution in [3.8, 4) is 5.75 Å². The Morgan fingerprint density at radius 1 is 0.947 bits per heavy atom. The van der Waals surface area contributed by atoms with Crippen molar-refractivity contribution in [1.29, 1.82) is 0 Å². The van der Waals surface area contributed by atoms with Crippen LogP contribution in [0.4, 0.5) is 5.69 Å². The van der Waals surface area contributed by atoms with Crippen molar-refractivity contribution < 1.29 is 4.74 Å². The highest BCUT2D eigenvalue weighted by Crippen LogP contribution is 2.26. The van der Waals surface area contributed by atoms with E-state index in [0.717, 1.165) is 5.69 Å². The summed E-state index contributed by atoms with van der Waals surface area (Å²) in [6.45, 7) is 1.19. The van der Waals surface area contributed by atoms with Gasteiger partial charge in [-0.1, -0.05) is 40.9 Å². The fourth-order valence-electron chi connectivity index (χ4n) is 1.53. The van der Waals surface area contributed by atoms with Crippen LogP contribution in [0.3, 0.4) is 0 Å². The SMILES string of the molecule is Clc1cccc(NCCOc2ccc(Cl)c(Cl)c2)c1. The maximum absolute atomic E-state index is 5.90. The summed E-state index contributed by atoms with van der Waals surface area (Å²) in [6.07, 6.45) is 0. The van der Waals surface area contributed by atoms with Crippen LogP contribution in [-0.4, -0.2) is 13.2 Å². The lowest BCUT2D eigenvalue weighted by Gasteiger charge is -2.09. The molecule has 0 bridgehead atoms. The highest BCUT2D eigenvalue weighted by molar-refractivity contribution is 6.42. The Balaban J connectivity index is 1.79. The van der Waals surface area contributed by atoms with E-state index in [1.54, 1.807) is 18.2 Å². The lowest BCUT2D eigenvalue weighted by molar-refractivity contribution is 0.333. The van der Waals surface area contributed by atoms with Crippen LogP contribution in [0.25, 0.3) is 0 Å². The standard InChI is InChI=1S/C14H12Cl3NO/c15-10-2-1-3-11(8-10)18-6-7-19-12-4-5-13(16)14(17)9-12/h1-5,8-9,18H,6-7H2. The summed E-state index contributed by atoms with van der Waals surface area (Å²) in [5.74, 6) is 0.697. The lowest BCUT2D eigenvalue weighted by Crippen LogP contribution is -2.11. The van der Waals surface area contributed by atoms with Gasteiger partial charge in [0.15, 0.2) is 0 Å². The highest BCUT2D eigenvalue weighted by Gasteiger charge is 2.00. The number of hydrogen-bond donors (Lipinski definition) is 1. The van der Waals surface area contributed by atoms with Crippen LogP contribution in [-0.2, 0) is 0 Å². The molecule has 0 aromatic heterocycles. The van der Waals surface area contributed by atoms with E-state index in [-0.39, 0.29) is 0 Å². The molecule has 0 spiro atoms. The van der Waals surface area contributed by atoms with E-state index in [2.05, 4.69) is 5.32 Å². The molecule has 2 aromatic rings. The molecule has 0 heterocycles. The van der Waals surface area contributed by atoms with Crippen molar-refractivity contribution in [2.45, 2.75) is 0 Å². The molecular weight excluding hydrogens is 305 g/mol. The zero-order valence-electron chi connectivity index (χ0n) is 10.00. The molecule has 0 atom stereocenters. The fraction of sp³-hybridized carbons (Fsp3) is 0.143. The van der Waals surface area contributed by atoms with Crippen molar-refractivity contribution in [2.24, 2.45) is 0 Å². The molecular formula is C14H12Cl3NO. The number of ether oxygens (including phenoxy) is 1. The van der Waals surface area contributed by atoms with Crippen LogP contribution in [0, 0.1) is 0 Å². The molecule has 0 aliphatic carbocycles. The molecule has 2 rings (SSSR count). The van der Waals surface area contributed by atoms with Gasteiger partial charge in [-0.3, -0.25) is 0 Å². The van der Waals surface area contributed by atoms with Crippen molar-refractivity contribution >= 4 is 40.5 Å². The maximum Gasteiger partial charge on any atom is 0.120 e. The second kappa shape index (κ2) is 6.90. The third-order valence-corrected chi connectivity index (χ3v) is 3.39. The highest BCUT2D eigenvalue weighted by atomic mass is 35.5. The summed E-state index contributed by atoms with van der Waals surface area (Å²) in [5.41, 5.74) is 0.963. The summed E-state index contributed by atoms with van der Waals surface area (Å²) in [4.78, 5) is 0. The molecule has 0 aliphatic heterocycles. The second-order valence-electron chi connectivity index (χ2n) is 3.86. The average molecular weight is 317 g/mol. The molecule has 2 nitrogen and oxygen atoms in total. The van der Waals surface area contributed by atoms with Gasteiger partial charge in [-0.25, -0.2) is 0 Å². The number of halogens is 3. The average Bonchev–Trinajstić information content (AvgIpc) is 2.39. The largest absolute Gasteiger partial charge is 0.492 e. The number of anilines is 1. The van der Waals surface area contributed by atoms with Crippen molar-refractivity contribution in [3.05, 3.63) is 57.5 Å². The van der Waals surface area contributed by atoms with Crippen molar-refractivity contribution in [3.63, 3.8) is 0 Å². The van der Waals surface area contributed by atoms with Crippen LogP contribution in [0.2, 0.25) is 15.1 Å². The molecule has 1 N–H and O–H groups in total. The lowest BCUT2D eigenvalue weighted by atomic mass is 10.3. The van der Waals surface area contributed by atoms with Crippen LogP contribution in [0.5, 0.6) is 5.75 Å². The van der Waals surface area contributed by atoms with Gasteiger partial charge in [-0.15, -0.1) is 0 Å². The fourth-order valence-corrected chi connectivity index (χ4v) is 2.01. The van der Waals surface area contributed by atoms with Gasteiger partial charge in [0.25, 0.3) is 0 Å². The number of rotatable bonds is 5. The van der Waals surface area contributed by atoms with E-state index in [0.29, 0.717) is 34.0 Å². The first-order chi connectivity index (χ1) is 9.15. The summed E-state index contributed by atoms with van der Waals surface area (Å²) in [7, 11) is 0. The summed E-state index contributed by atoms with van der Waals surface area (Å²) >= 11 is 17.6. The Morgan fingerprint density at radius 2 is 1.79 bits per heavy atom. The minimum atomic E-state index is 0.488. The minimum Gasteiger partial charge on any atom is -0.492 e. The third kappa shape index (κ3) is 4.50. The van der Waals surface area contributed by atoms with E-state index in [1.807, 2.05) is 24.3 Å². The summed E-state index contributed by atoms with van der Waals surface area (Å²) in [5, 5.41) is 4.92. The molecule has 0 radical (unpaired) electrons. The normalized spacial score (nSPS) is 10.3. The Morgan fingerprint density at radius 3 is 2.53 bits per heavy atom. The monoisotopic (exact) mass is 315 g/mol. The topological polar surface area (TPSA) is 21.3 Å². The molecule has 0 aliphatic rings. The molecule has 5 heteroatoms. The van der Waals surface area contributed by atoms with Crippen molar-refractivity contribution in [2.75, 3.05) is 18.5 Å². The van der Waals surface area contributed by atoms with Crippen LogP contribution < -0.4 is 10.1 Å². The molecule has 100 valence electrons.